The number of carbonyl (C=O) groups excluding carboxylic acids is 1. The zero-order valence-corrected chi connectivity index (χ0v) is 10.8. The summed E-state index contributed by atoms with van der Waals surface area (Å²) >= 11 is 1.32. The average molecular weight is 252 g/mol. The number of anilines is 2. The van der Waals surface area contributed by atoms with Crippen molar-refractivity contribution < 1.29 is 4.79 Å². The van der Waals surface area contributed by atoms with Crippen molar-refractivity contribution in [1.29, 1.82) is 0 Å². The molecule has 1 aromatic heterocycles. The lowest BCUT2D eigenvalue weighted by Crippen LogP contribution is -2.32. The summed E-state index contributed by atoms with van der Waals surface area (Å²) in [6.07, 6.45) is 5.94. The minimum atomic E-state index is -0.123. The van der Waals surface area contributed by atoms with Crippen LogP contribution in [0.25, 0.3) is 0 Å². The van der Waals surface area contributed by atoms with E-state index in [9.17, 15) is 4.79 Å². The predicted molar refractivity (Wildman–Crippen MR) is 70.5 cm³/mol. The number of nitrogens with zero attached hydrogens (tertiary/aromatic N) is 2. The molecule has 0 bridgehead atoms. The van der Waals surface area contributed by atoms with Crippen molar-refractivity contribution >= 4 is 28.2 Å². The topological polar surface area (TPSA) is 71.2 Å². The Labute approximate surface area is 104 Å². The zero-order valence-electron chi connectivity index (χ0n) is 9.93. The number of amides is 1. The lowest BCUT2D eigenvalue weighted by atomic mass is 10.2. The Morgan fingerprint density at radius 1 is 1.53 bits per heavy atom. The summed E-state index contributed by atoms with van der Waals surface area (Å²) in [5.74, 6) is 0.184. The van der Waals surface area contributed by atoms with Crippen LogP contribution >= 0.6 is 11.3 Å². The first-order valence-electron chi connectivity index (χ1n) is 5.47. The van der Waals surface area contributed by atoms with Crippen LogP contribution in [0, 0.1) is 0 Å². The Bertz CT molecular complexity index is 444. The number of hydrogen-bond acceptors (Lipinski definition) is 5. The third-order valence-corrected chi connectivity index (χ3v) is 3.81. The summed E-state index contributed by atoms with van der Waals surface area (Å²) in [5, 5.41) is 3.71. The number of hydrogen-bond donors (Lipinski definition) is 2. The molecule has 1 aliphatic carbocycles. The molecule has 0 fully saturated rings. The molecule has 6 heteroatoms. The molecule has 5 nitrogen and oxygen atoms in total. The zero-order chi connectivity index (χ0) is 12.4. The van der Waals surface area contributed by atoms with E-state index in [0.717, 1.165) is 18.0 Å². The molecule has 92 valence electrons. The maximum Gasteiger partial charge on any atom is 0.265 e. The molecule has 0 aromatic carbocycles. The highest BCUT2D eigenvalue weighted by Crippen LogP contribution is 2.26. The molecule has 0 spiro atoms. The SMILES string of the molecule is CN(C)c1nc(N)c(C(=O)NC2CC=CC2)s1. The summed E-state index contributed by atoms with van der Waals surface area (Å²) in [4.78, 5) is 18.5. The summed E-state index contributed by atoms with van der Waals surface area (Å²) in [5.41, 5.74) is 5.75. The van der Waals surface area contributed by atoms with Gasteiger partial charge in [0.1, 0.15) is 10.7 Å². The third kappa shape index (κ3) is 2.58. The highest BCUT2D eigenvalue weighted by Gasteiger charge is 2.20. The van der Waals surface area contributed by atoms with Crippen molar-refractivity contribution in [1.82, 2.24) is 10.3 Å². The Balaban J connectivity index is 2.08. The molecule has 0 unspecified atom stereocenters. The van der Waals surface area contributed by atoms with Gasteiger partial charge in [0.25, 0.3) is 5.91 Å². The summed E-state index contributed by atoms with van der Waals surface area (Å²) in [6, 6.07) is 0.201. The number of nitrogens with one attached hydrogen (secondary N) is 1. The first-order valence-corrected chi connectivity index (χ1v) is 6.29. The minimum Gasteiger partial charge on any atom is -0.382 e. The molecule has 0 radical (unpaired) electrons. The summed E-state index contributed by atoms with van der Waals surface area (Å²) in [7, 11) is 3.75. The monoisotopic (exact) mass is 252 g/mol. The fourth-order valence-electron chi connectivity index (χ4n) is 1.66. The maximum absolute atomic E-state index is 12.0. The number of carbonyl (C=O) groups is 1. The first kappa shape index (κ1) is 11.9. The van der Waals surface area contributed by atoms with Crippen molar-refractivity contribution in [2.45, 2.75) is 18.9 Å². The van der Waals surface area contributed by atoms with Gasteiger partial charge < -0.3 is 16.0 Å². The Morgan fingerprint density at radius 3 is 2.71 bits per heavy atom. The van der Waals surface area contributed by atoms with E-state index in [-0.39, 0.29) is 11.9 Å². The van der Waals surface area contributed by atoms with Gasteiger partial charge in [-0.1, -0.05) is 23.5 Å². The maximum atomic E-state index is 12.0. The number of nitrogen functional groups attached to an aromatic ring is 1. The number of thiazole rings is 1. The minimum absolute atomic E-state index is 0.123. The van der Waals surface area contributed by atoms with E-state index in [2.05, 4.69) is 22.5 Å². The molecule has 17 heavy (non-hydrogen) atoms. The Kier molecular flexibility index (Phi) is 3.33. The van der Waals surface area contributed by atoms with Crippen molar-refractivity contribution in [3.63, 3.8) is 0 Å². The third-order valence-electron chi connectivity index (χ3n) is 2.57. The molecule has 0 saturated carbocycles. The van der Waals surface area contributed by atoms with Crippen LogP contribution in [0.1, 0.15) is 22.5 Å². The number of aromatic nitrogens is 1. The van der Waals surface area contributed by atoms with Gasteiger partial charge in [0.2, 0.25) is 0 Å². The largest absolute Gasteiger partial charge is 0.382 e. The Hall–Kier alpha value is -1.56. The molecule has 0 aliphatic heterocycles. The molecular weight excluding hydrogens is 236 g/mol. The Morgan fingerprint density at radius 2 is 2.18 bits per heavy atom. The molecule has 1 aliphatic rings. The van der Waals surface area contributed by atoms with E-state index >= 15 is 0 Å². The predicted octanol–water partition coefficient (Wildman–Crippen LogP) is 1.24. The van der Waals surface area contributed by atoms with E-state index < -0.39 is 0 Å². The van der Waals surface area contributed by atoms with E-state index in [1.165, 1.54) is 11.3 Å². The van der Waals surface area contributed by atoms with Crippen LogP contribution in [0.4, 0.5) is 10.9 Å². The lowest BCUT2D eigenvalue weighted by molar-refractivity contribution is 0.0944. The molecule has 0 atom stereocenters. The summed E-state index contributed by atoms with van der Waals surface area (Å²) < 4.78 is 0. The fraction of sp³-hybridized carbons (Fsp3) is 0.455. The van der Waals surface area contributed by atoms with Gasteiger partial charge in [-0.05, 0) is 12.8 Å². The second-order valence-corrected chi connectivity index (χ2v) is 5.20. The van der Waals surface area contributed by atoms with Crippen molar-refractivity contribution in [2.24, 2.45) is 0 Å². The van der Waals surface area contributed by atoms with Crippen LogP contribution in [0.15, 0.2) is 12.2 Å². The first-order chi connectivity index (χ1) is 8.08. The van der Waals surface area contributed by atoms with E-state index in [1.807, 2.05) is 19.0 Å². The van der Waals surface area contributed by atoms with Crippen LogP contribution < -0.4 is 16.0 Å². The number of nitrogens with two attached hydrogens (primary N) is 1. The van der Waals surface area contributed by atoms with E-state index in [1.54, 1.807) is 0 Å². The molecular formula is C11H16N4OS. The highest BCUT2D eigenvalue weighted by atomic mass is 32.1. The molecule has 2 rings (SSSR count). The van der Waals surface area contributed by atoms with Gasteiger partial charge >= 0.3 is 0 Å². The quantitative estimate of drug-likeness (QED) is 0.794. The normalized spacial score (nSPS) is 15.2. The van der Waals surface area contributed by atoms with Crippen molar-refractivity contribution in [3.8, 4) is 0 Å². The van der Waals surface area contributed by atoms with Crippen LogP contribution in [-0.4, -0.2) is 31.0 Å². The van der Waals surface area contributed by atoms with Gasteiger partial charge in [-0.25, -0.2) is 4.98 Å². The standard InChI is InChI=1S/C11H16N4OS/c1-15(2)11-14-9(12)8(17-11)10(16)13-7-5-3-4-6-7/h3-4,7H,5-6,12H2,1-2H3,(H,13,16). The fourth-order valence-corrected chi connectivity index (χ4v) is 2.47. The van der Waals surface area contributed by atoms with Gasteiger partial charge in [-0.15, -0.1) is 0 Å². The number of rotatable bonds is 3. The smallest absolute Gasteiger partial charge is 0.265 e. The van der Waals surface area contributed by atoms with Crippen LogP contribution in [0.2, 0.25) is 0 Å². The van der Waals surface area contributed by atoms with Gasteiger partial charge in [-0.2, -0.15) is 0 Å². The van der Waals surface area contributed by atoms with E-state index in [0.29, 0.717) is 10.7 Å². The molecule has 3 N–H and O–H groups in total. The van der Waals surface area contributed by atoms with Gasteiger partial charge in [0, 0.05) is 20.1 Å². The lowest BCUT2D eigenvalue weighted by Gasteiger charge is -2.10. The van der Waals surface area contributed by atoms with Crippen molar-refractivity contribution in [3.05, 3.63) is 17.0 Å². The van der Waals surface area contributed by atoms with Gasteiger partial charge in [0.05, 0.1) is 0 Å². The van der Waals surface area contributed by atoms with Crippen LogP contribution in [0.5, 0.6) is 0 Å². The molecule has 1 amide bonds. The molecule has 0 saturated heterocycles. The van der Waals surface area contributed by atoms with Gasteiger partial charge in [0.15, 0.2) is 5.13 Å². The average Bonchev–Trinajstić information content (AvgIpc) is 2.86. The van der Waals surface area contributed by atoms with E-state index in [4.69, 9.17) is 5.73 Å². The second kappa shape index (κ2) is 4.75. The molecule has 1 aromatic rings. The highest BCUT2D eigenvalue weighted by molar-refractivity contribution is 7.18. The van der Waals surface area contributed by atoms with Crippen LogP contribution in [0.3, 0.4) is 0 Å². The summed E-state index contributed by atoms with van der Waals surface area (Å²) in [6.45, 7) is 0. The van der Waals surface area contributed by atoms with Crippen LogP contribution in [-0.2, 0) is 0 Å². The second-order valence-electron chi connectivity index (χ2n) is 4.22. The molecule has 1 heterocycles. The van der Waals surface area contributed by atoms with Crippen molar-refractivity contribution in [2.75, 3.05) is 24.7 Å². The van der Waals surface area contributed by atoms with Gasteiger partial charge in [-0.3, -0.25) is 4.79 Å².